The average molecular weight is 381 g/mol. The van der Waals surface area contributed by atoms with Gasteiger partial charge in [0, 0.05) is 23.5 Å². The zero-order valence-corrected chi connectivity index (χ0v) is 15.8. The van der Waals surface area contributed by atoms with Crippen molar-refractivity contribution < 1.29 is 9.18 Å². The van der Waals surface area contributed by atoms with E-state index in [0.29, 0.717) is 12.1 Å². The summed E-state index contributed by atoms with van der Waals surface area (Å²) in [6, 6.07) is 9.16. The predicted octanol–water partition coefficient (Wildman–Crippen LogP) is 4.25. The molecule has 0 aliphatic carbocycles. The first-order valence-electron chi connectivity index (χ1n) is 8.53. The first kappa shape index (κ1) is 18.4. The van der Waals surface area contributed by atoms with Crippen molar-refractivity contribution in [2.24, 2.45) is 0 Å². The van der Waals surface area contributed by atoms with Crippen LogP contribution in [0.4, 0.5) is 4.39 Å². The van der Waals surface area contributed by atoms with Crippen molar-refractivity contribution in [1.29, 1.82) is 0 Å². The second-order valence-corrected chi connectivity index (χ2v) is 7.93. The Labute approximate surface area is 157 Å². The van der Waals surface area contributed by atoms with E-state index in [-0.39, 0.29) is 24.1 Å². The Morgan fingerprint density at radius 2 is 1.92 bits per heavy atom. The molecular formula is C19H22ClFN2OS. The largest absolute Gasteiger partial charge is 0.331 e. The molecule has 2 aliphatic heterocycles. The maximum absolute atomic E-state index is 13.1. The lowest BCUT2D eigenvalue weighted by molar-refractivity contribution is 0.0685. The number of hydrogen-bond donors (Lipinski definition) is 1. The normalized spacial score (nSPS) is 22.4. The molecule has 1 N–H and O–H groups in total. The SMILES string of the molecule is Cc1sc(C(=O)N2C3CCNCC2CC3)cc1-c1ccc(F)cc1.Cl. The summed E-state index contributed by atoms with van der Waals surface area (Å²) in [6.45, 7) is 3.92. The molecule has 1 aromatic heterocycles. The molecule has 2 fully saturated rings. The molecule has 134 valence electrons. The van der Waals surface area contributed by atoms with Crippen LogP contribution in [0.5, 0.6) is 0 Å². The number of rotatable bonds is 2. The van der Waals surface area contributed by atoms with Gasteiger partial charge in [-0.1, -0.05) is 12.1 Å². The van der Waals surface area contributed by atoms with Gasteiger partial charge in [0.15, 0.2) is 0 Å². The highest BCUT2D eigenvalue weighted by Crippen LogP contribution is 2.35. The van der Waals surface area contributed by atoms with E-state index in [0.717, 1.165) is 53.2 Å². The van der Waals surface area contributed by atoms with E-state index in [2.05, 4.69) is 10.2 Å². The number of carbonyl (C=O) groups is 1. The lowest BCUT2D eigenvalue weighted by atomic mass is 10.1. The fourth-order valence-electron chi connectivity index (χ4n) is 3.94. The topological polar surface area (TPSA) is 32.3 Å². The number of nitrogens with zero attached hydrogens (tertiary/aromatic N) is 1. The number of aryl methyl sites for hydroxylation is 1. The number of amides is 1. The van der Waals surface area contributed by atoms with Crippen LogP contribution in [0.15, 0.2) is 30.3 Å². The number of hydrogen-bond acceptors (Lipinski definition) is 3. The van der Waals surface area contributed by atoms with Crippen molar-refractivity contribution in [3.05, 3.63) is 45.9 Å². The predicted molar refractivity (Wildman–Crippen MR) is 102 cm³/mol. The van der Waals surface area contributed by atoms with Crippen LogP contribution in [-0.4, -0.2) is 36.0 Å². The highest BCUT2D eigenvalue weighted by Gasteiger charge is 2.38. The zero-order chi connectivity index (χ0) is 16.7. The van der Waals surface area contributed by atoms with Crippen molar-refractivity contribution in [3.8, 4) is 11.1 Å². The summed E-state index contributed by atoms with van der Waals surface area (Å²) in [6.07, 6.45) is 3.25. The van der Waals surface area contributed by atoms with Gasteiger partial charge in [-0.05, 0) is 62.1 Å². The number of benzene rings is 1. The molecule has 0 saturated carbocycles. The number of thiophene rings is 1. The Balaban J connectivity index is 0.00000182. The Hall–Kier alpha value is -1.43. The lowest BCUT2D eigenvalue weighted by Crippen LogP contribution is -2.42. The van der Waals surface area contributed by atoms with Crippen LogP contribution >= 0.6 is 23.7 Å². The quantitative estimate of drug-likeness (QED) is 0.844. The lowest BCUT2D eigenvalue weighted by Gasteiger charge is -2.27. The van der Waals surface area contributed by atoms with Crippen LogP contribution < -0.4 is 5.32 Å². The number of nitrogens with one attached hydrogen (secondary N) is 1. The highest BCUT2D eigenvalue weighted by molar-refractivity contribution is 7.14. The molecule has 6 heteroatoms. The van der Waals surface area contributed by atoms with Crippen molar-refractivity contribution >= 4 is 29.7 Å². The van der Waals surface area contributed by atoms with E-state index in [1.165, 1.54) is 12.1 Å². The van der Waals surface area contributed by atoms with Gasteiger partial charge in [0.1, 0.15) is 5.82 Å². The van der Waals surface area contributed by atoms with Crippen LogP contribution in [0.25, 0.3) is 11.1 Å². The van der Waals surface area contributed by atoms with E-state index < -0.39 is 0 Å². The Morgan fingerprint density at radius 3 is 2.68 bits per heavy atom. The average Bonchev–Trinajstić information content (AvgIpc) is 3.06. The molecule has 0 spiro atoms. The first-order valence-corrected chi connectivity index (χ1v) is 9.35. The van der Waals surface area contributed by atoms with Gasteiger partial charge in [-0.2, -0.15) is 0 Å². The van der Waals surface area contributed by atoms with Gasteiger partial charge >= 0.3 is 0 Å². The monoisotopic (exact) mass is 380 g/mol. The fraction of sp³-hybridized carbons (Fsp3) is 0.421. The minimum absolute atomic E-state index is 0. The summed E-state index contributed by atoms with van der Waals surface area (Å²) in [7, 11) is 0. The van der Waals surface area contributed by atoms with Crippen molar-refractivity contribution in [3.63, 3.8) is 0 Å². The van der Waals surface area contributed by atoms with Gasteiger partial charge in [0.05, 0.1) is 4.88 Å². The minimum atomic E-state index is -0.239. The molecule has 4 rings (SSSR count). The third-order valence-corrected chi connectivity index (χ3v) is 6.21. The van der Waals surface area contributed by atoms with Gasteiger partial charge < -0.3 is 10.2 Å². The summed E-state index contributed by atoms with van der Waals surface area (Å²) < 4.78 is 13.1. The summed E-state index contributed by atoms with van der Waals surface area (Å²) in [5, 5.41) is 3.44. The molecule has 2 aromatic rings. The Bertz CT molecular complexity index is 747. The second kappa shape index (κ2) is 7.44. The summed E-state index contributed by atoms with van der Waals surface area (Å²) in [5.41, 5.74) is 1.99. The van der Waals surface area contributed by atoms with Gasteiger partial charge in [0.2, 0.25) is 0 Å². The molecule has 25 heavy (non-hydrogen) atoms. The van der Waals surface area contributed by atoms with Crippen LogP contribution in [0.2, 0.25) is 0 Å². The fourth-order valence-corrected chi connectivity index (χ4v) is 4.93. The van der Waals surface area contributed by atoms with Crippen LogP contribution in [-0.2, 0) is 0 Å². The molecule has 2 aliphatic rings. The van der Waals surface area contributed by atoms with Gasteiger partial charge in [-0.15, -0.1) is 23.7 Å². The van der Waals surface area contributed by atoms with Gasteiger partial charge in [-0.3, -0.25) is 4.79 Å². The van der Waals surface area contributed by atoms with Crippen molar-refractivity contribution in [1.82, 2.24) is 10.2 Å². The number of fused-ring (bicyclic) bond motifs is 2. The standard InChI is InChI=1S/C19H21FN2OS.ClH/c1-12-17(13-2-4-14(20)5-3-13)10-18(24-12)19(23)22-15-6-7-16(22)11-21-9-8-15;/h2-5,10,15-16,21H,6-9,11H2,1H3;1H. The Kier molecular flexibility index (Phi) is 5.46. The Morgan fingerprint density at radius 1 is 1.20 bits per heavy atom. The molecule has 1 amide bonds. The van der Waals surface area contributed by atoms with Gasteiger partial charge in [0.25, 0.3) is 5.91 Å². The molecule has 0 radical (unpaired) electrons. The van der Waals surface area contributed by atoms with E-state index >= 15 is 0 Å². The first-order chi connectivity index (χ1) is 11.6. The van der Waals surface area contributed by atoms with E-state index in [1.54, 1.807) is 23.5 Å². The minimum Gasteiger partial charge on any atom is -0.331 e. The molecule has 2 bridgehead atoms. The van der Waals surface area contributed by atoms with Crippen LogP contribution in [0.1, 0.15) is 33.8 Å². The molecule has 3 nitrogen and oxygen atoms in total. The number of halogens is 2. The molecule has 2 saturated heterocycles. The third-order valence-electron chi connectivity index (χ3n) is 5.17. The summed E-state index contributed by atoms with van der Waals surface area (Å²) in [5.74, 6) is -0.0794. The second-order valence-electron chi connectivity index (χ2n) is 6.68. The van der Waals surface area contributed by atoms with Crippen molar-refractivity contribution in [2.75, 3.05) is 13.1 Å². The van der Waals surface area contributed by atoms with E-state index in [4.69, 9.17) is 0 Å². The third kappa shape index (κ3) is 3.46. The maximum atomic E-state index is 13.1. The van der Waals surface area contributed by atoms with E-state index in [9.17, 15) is 9.18 Å². The summed E-state index contributed by atoms with van der Waals surface area (Å²) in [4.78, 5) is 17.1. The van der Waals surface area contributed by atoms with E-state index in [1.807, 2.05) is 13.0 Å². The van der Waals surface area contributed by atoms with Crippen LogP contribution in [0, 0.1) is 12.7 Å². The maximum Gasteiger partial charge on any atom is 0.264 e. The molecule has 3 heterocycles. The molecule has 1 aromatic carbocycles. The molecule has 2 atom stereocenters. The van der Waals surface area contributed by atoms with Crippen LogP contribution in [0.3, 0.4) is 0 Å². The zero-order valence-electron chi connectivity index (χ0n) is 14.1. The van der Waals surface area contributed by atoms with Crippen molar-refractivity contribution in [2.45, 2.75) is 38.3 Å². The highest BCUT2D eigenvalue weighted by atomic mass is 35.5. The summed E-state index contributed by atoms with van der Waals surface area (Å²) >= 11 is 1.55. The molecular weight excluding hydrogens is 359 g/mol. The number of carbonyl (C=O) groups excluding carboxylic acids is 1. The van der Waals surface area contributed by atoms with Gasteiger partial charge in [-0.25, -0.2) is 4.39 Å². The molecule has 2 unspecified atom stereocenters. The smallest absolute Gasteiger partial charge is 0.264 e.